The zero-order chi connectivity index (χ0) is 8.43. The maximum absolute atomic E-state index is 9.29. The summed E-state index contributed by atoms with van der Waals surface area (Å²) in [6, 6.07) is -0.390. The van der Waals surface area contributed by atoms with E-state index in [1.165, 1.54) is 6.20 Å². The Morgan fingerprint density at radius 3 is 2.82 bits per heavy atom. The van der Waals surface area contributed by atoms with Crippen LogP contribution in [-0.4, -0.2) is 16.1 Å². The lowest BCUT2D eigenvalue weighted by Gasteiger charge is -2.09. The molecule has 0 aliphatic heterocycles. The molecule has 0 amide bonds. The van der Waals surface area contributed by atoms with Gasteiger partial charge in [0, 0.05) is 6.04 Å². The molecule has 0 aliphatic rings. The Bertz CT molecular complexity index is 236. The van der Waals surface area contributed by atoms with Gasteiger partial charge in [0.05, 0.1) is 6.20 Å². The van der Waals surface area contributed by atoms with Gasteiger partial charge in [-0.2, -0.15) is 0 Å². The lowest BCUT2D eigenvalue weighted by molar-refractivity contribution is 0.127. The third kappa shape index (κ3) is 1.92. The van der Waals surface area contributed by atoms with Gasteiger partial charge in [-0.1, -0.05) is 0 Å². The van der Waals surface area contributed by atoms with E-state index in [0.29, 0.717) is 5.76 Å². The summed E-state index contributed by atoms with van der Waals surface area (Å²) in [6.07, 6.45) is 0.520. The third-order valence-electron chi connectivity index (χ3n) is 1.28. The van der Waals surface area contributed by atoms with Crippen molar-refractivity contribution in [2.45, 2.75) is 19.1 Å². The van der Waals surface area contributed by atoms with Crippen LogP contribution in [-0.2, 0) is 0 Å². The van der Waals surface area contributed by atoms with Gasteiger partial charge in [-0.3, -0.25) is 0 Å². The smallest absolute Gasteiger partial charge is 0.292 e. The van der Waals surface area contributed by atoms with Gasteiger partial charge in [0.15, 0.2) is 5.76 Å². The third-order valence-corrected chi connectivity index (χ3v) is 1.46. The molecule has 0 spiro atoms. The number of nitrogens with two attached hydrogens (primary N) is 1. The van der Waals surface area contributed by atoms with Crippen molar-refractivity contribution in [3.05, 3.63) is 17.3 Å². The number of aliphatic hydroxyl groups is 1. The molecule has 5 heteroatoms. The van der Waals surface area contributed by atoms with Crippen molar-refractivity contribution in [1.82, 2.24) is 4.98 Å². The summed E-state index contributed by atoms with van der Waals surface area (Å²) < 4.78 is 4.83. The lowest BCUT2D eigenvalue weighted by Crippen LogP contribution is -2.23. The first-order chi connectivity index (χ1) is 5.11. The van der Waals surface area contributed by atoms with E-state index < -0.39 is 6.10 Å². The van der Waals surface area contributed by atoms with Crippen LogP contribution in [0.25, 0.3) is 0 Å². The van der Waals surface area contributed by atoms with E-state index in [9.17, 15) is 5.11 Å². The molecular formula is C6H9ClN2O2. The van der Waals surface area contributed by atoms with Gasteiger partial charge in [0.1, 0.15) is 6.10 Å². The standard InChI is InChI=1S/C6H9ClN2O2/c1-3(8)5(10)4-2-9-6(7)11-4/h2-3,5,10H,8H2,1H3. The monoisotopic (exact) mass is 176 g/mol. The summed E-state index contributed by atoms with van der Waals surface area (Å²) in [7, 11) is 0. The van der Waals surface area contributed by atoms with Crippen LogP contribution in [0.4, 0.5) is 0 Å². The average molecular weight is 177 g/mol. The first-order valence-corrected chi connectivity index (χ1v) is 3.54. The van der Waals surface area contributed by atoms with Crippen molar-refractivity contribution in [1.29, 1.82) is 0 Å². The second-order valence-corrected chi connectivity index (χ2v) is 2.64. The summed E-state index contributed by atoms with van der Waals surface area (Å²) in [4.78, 5) is 3.60. The number of aromatic nitrogens is 1. The minimum Gasteiger partial charge on any atom is -0.430 e. The number of oxazole rings is 1. The molecular weight excluding hydrogens is 168 g/mol. The Kier molecular flexibility index (Phi) is 2.49. The molecule has 0 aromatic carbocycles. The summed E-state index contributed by atoms with van der Waals surface area (Å²) >= 11 is 5.38. The Labute approximate surface area is 69.0 Å². The maximum atomic E-state index is 9.29. The van der Waals surface area contributed by atoms with Crippen molar-refractivity contribution in [3.63, 3.8) is 0 Å². The van der Waals surface area contributed by atoms with Crippen LogP contribution in [0.5, 0.6) is 0 Å². The first-order valence-electron chi connectivity index (χ1n) is 3.16. The topological polar surface area (TPSA) is 72.3 Å². The number of hydrogen-bond acceptors (Lipinski definition) is 4. The largest absolute Gasteiger partial charge is 0.430 e. The summed E-state index contributed by atoms with van der Waals surface area (Å²) in [5.41, 5.74) is 5.40. The van der Waals surface area contributed by atoms with Crippen molar-refractivity contribution >= 4 is 11.6 Å². The fraction of sp³-hybridized carbons (Fsp3) is 0.500. The molecule has 0 radical (unpaired) electrons. The van der Waals surface area contributed by atoms with E-state index in [1.807, 2.05) is 0 Å². The lowest BCUT2D eigenvalue weighted by atomic mass is 10.2. The van der Waals surface area contributed by atoms with Crippen LogP contribution in [0, 0.1) is 0 Å². The van der Waals surface area contributed by atoms with Crippen LogP contribution in [0.1, 0.15) is 18.8 Å². The minimum absolute atomic E-state index is 0.0136. The van der Waals surface area contributed by atoms with Crippen LogP contribution in [0.2, 0.25) is 5.35 Å². The van der Waals surface area contributed by atoms with E-state index in [0.717, 1.165) is 0 Å². The second-order valence-electron chi connectivity index (χ2n) is 2.32. The van der Waals surface area contributed by atoms with Gasteiger partial charge in [-0.25, -0.2) is 4.98 Å². The van der Waals surface area contributed by atoms with Gasteiger partial charge < -0.3 is 15.3 Å². The molecule has 0 saturated carbocycles. The second kappa shape index (κ2) is 3.21. The molecule has 2 atom stereocenters. The van der Waals surface area contributed by atoms with Crippen molar-refractivity contribution in [3.8, 4) is 0 Å². The Morgan fingerprint density at radius 1 is 1.82 bits per heavy atom. The van der Waals surface area contributed by atoms with E-state index in [1.54, 1.807) is 6.92 Å². The first kappa shape index (κ1) is 8.52. The molecule has 1 heterocycles. The quantitative estimate of drug-likeness (QED) is 0.696. The van der Waals surface area contributed by atoms with Gasteiger partial charge in [0.2, 0.25) is 0 Å². The van der Waals surface area contributed by atoms with Crippen molar-refractivity contribution < 1.29 is 9.52 Å². The maximum Gasteiger partial charge on any atom is 0.292 e. The Morgan fingerprint density at radius 2 is 2.45 bits per heavy atom. The molecule has 4 nitrogen and oxygen atoms in total. The normalized spacial score (nSPS) is 16.4. The fourth-order valence-corrected chi connectivity index (χ4v) is 0.798. The Balaban J connectivity index is 2.76. The molecule has 62 valence electrons. The molecule has 1 rings (SSSR count). The highest BCUT2D eigenvalue weighted by Gasteiger charge is 2.16. The van der Waals surface area contributed by atoms with Gasteiger partial charge in [-0.15, -0.1) is 0 Å². The summed E-state index contributed by atoms with van der Waals surface area (Å²) in [5, 5.41) is 9.31. The summed E-state index contributed by atoms with van der Waals surface area (Å²) in [5.74, 6) is 0.296. The number of hydrogen-bond donors (Lipinski definition) is 2. The van der Waals surface area contributed by atoms with E-state index >= 15 is 0 Å². The molecule has 11 heavy (non-hydrogen) atoms. The summed E-state index contributed by atoms with van der Waals surface area (Å²) in [6.45, 7) is 1.67. The number of aliphatic hydroxyl groups excluding tert-OH is 1. The fourth-order valence-electron chi connectivity index (χ4n) is 0.660. The molecule has 0 bridgehead atoms. The SMILES string of the molecule is CC(N)C(O)c1cnc(Cl)o1. The van der Waals surface area contributed by atoms with Crippen LogP contribution >= 0.6 is 11.6 Å². The molecule has 0 fully saturated rings. The van der Waals surface area contributed by atoms with E-state index in [2.05, 4.69) is 4.98 Å². The molecule has 0 saturated heterocycles. The number of rotatable bonds is 2. The Hall–Kier alpha value is -0.580. The average Bonchev–Trinajstić information content (AvgIpc) is 2.34. The van der Waals surface area contributed by atoms with Crippen molar-refractivity contribution in [2.24, 2.45) is 5.73 Å². The van der Waals surface area contributed by atoms with Gasteiger partial charge in [-0.05, 0) is 18.5 Å². The zero-order valence-electron chi connectivity index (χ0n) is 5.99. The van der Waals surface area contributed by atoms with Crippen molar-refractivity contribution in [2.75, 3.05) is 0 Å². The highest BCUT2D eigenvalue weighted by Crippen LogP contribution is 2.18. The molecule has 0 aliphatic carbocycles. The highest BCUT2D eigenvalue weighted by atomic mass is 35.5. The molecule has 1 aromatic rings. The molecule has 2 unspecified atom stereocenters. The minimum atomic E-state index is -0.838. The van der Waals surface area contributed by atoms with Gasteiger partial charge >= 0.3 is 0 Å². The van der Waals surface area contributed by atoms with Crippen LogP contribution < -0.4 is 5.73 Å². The van der Waals surface area contributed by atoms with E-state index in [-0.39, 0.29) is 11.4 Å². The van der Waals surface area contributed by atoms with Gasteiger partial charge in [0.25, 0.3) is 5.35 Å². The highest BCUT2D eigenvalue weighted by molar-refractivity contribution is 6.27. The molecule has 1 aromatic heterocycles. The molecule has 3 N–H and O–H groups in total. The predicted octanol–water partition coefficient (Wildman–Crippen LogP) is 0.709. The zero-order valence-corrected chi connectivity index (χ0v) is 6.75. The van der Waals surface area contributed by atoms with E-state index in [4.69, 9.17) is 21.8 Å². The predicted molar refractivity (Wildman–Crippen MR) is 40.1 cm³/mol. The number of nitrogens with zero attached hydrogens (tertiary/aromatic N) is 1. The number of halogens is 1. The van der Waals surface area contributed by atoms with Crippen LogP contribution in [0.15, 0.2) is 10.6 Å². The van der Waals surface area contributed by atoms with Crippen LogP contribution in [0.3, 0.4) is 0 Å².